The molecular weight excluding hydrogens is 404 g/mol. The van der Waals surface area contributed by atoms with Gasteiger partial charge < -0.3 is 9.47 Å². The number of sulfonamides is 2. The Morgan fingerprint density at radius 1 is 0.929 bits per heavy atom. The average Bonchev–Trinajstić information content (AvgIpc) is 2.67. The first-order valence-electron chi connectivity index (χ1n) is 8.88. The van der Waals surface area contributed by atoms with E-state index in [4.69, 9.17) is 9.47 Å². The van der Waals surface area contributed by atoms with Gasteiger partial charge >= 0.3 is 0 Å². The van der Waals surface area contributed by atoms with Crippen molar-refractivity contribution in [3.63, 3.8) is 0 Å². The van der Waals surface area contributed by atoms with Crippen molar-refractivity contribution >= 4 is 31.4 Å². The molecule has 4 rings (SSSR count). The van der Waals surface area contributed by atoms with Crippen molar-refractivity contribution in [3.05, 3.63) is 42.5 Å². The van der Waals surface area contributed by atoms with Crippen LogP contribution in [0.2, 0.25) is 0 Å². The number of nitrogens with one attached hydrogen (secondary N) is 1. The van der Waals surface area contributed by atoms with Crippen LogP contribution >= 0.6 is 0 Å². The second-order valence-electron chi connectivity index (χ2n) is 6.55. The Morgan fingerprint density at radius 2 is 1.64 bits per heavy atom. The van der Waals surface area contributed by atoms with E-state index in [-0.39, 0.29) is 10.6 Å². The lowest BCUT2D eigenvalue weighted by molar-refractivity contribution is 0.171. The molecule has 1 fully saturated rings. The van der Waals surface area contributed by atoms with Crippen LogP contribution in [0.25, 0.3) is 0 Å². The molecule has 8 nitrogen and oxygen atoms in total. The Hall–Kier alpha value is -2.46. The zero-order valence-corrected chi connectivity index (χ0v) is 16.6. The third-order valence-corrected chi connectivity index (χ3v) is 7.85. The van der Waals surface area contributed by atoms with Crippen molar-refractivity contribution in [2.75, 3.05) is 34.5 Å². The van der Waals surface area contributed by atoms with Crippen LogP contribution < -0.4 is 18.5 Å². The van der Waals surface area contributed by atoms with Gasteiger partial charge in [0.15, 0.2) is 11.5 Å². The standard InChI is InChI=1S/C18H20N2O6S2/c21-27(22)12-2-1-9-20(27)15-4-6-16(7-5-15)28(23,24)19-14-3-8-17-18(13-14)26-11-10-25-17/h3-8,13,19H,1-2,9-12H2. The van der Waals surface area contributed by atoms with Gasteiger partial charge in [0.2, 0.25) is 10.0 Å². The van der Waals surface area contributed by atoms with E-state index >= 15 is 0 Å². The summed E-state index contributed by atoms with van der Waals surface area (Å²) in [6.07, 6.45) is 1.43. The second-order valence-corrected chi connectivity index (χ2v) is 10.2. The van der Waals surface area contributed by atoms with E-state index in [0.29, 0.717) is 49.1 Å². The lowest BCUT2D eigenvalue weighted by atomic mass is 10.3. The number of ether oxygens (including phenoxy) is 2. The van der Waals surface area contributed by atoms with E-state index in [9.17, 15) is 16.8 Å². The quantitative estimate of drug-likeness (QED) is 0.807. The van der Waals surface area contributed by atoms with Gasteiger partial charge in [0, 0.05) is 12.6 Å². The summed E-state index contributed by atoms with van der Waals surface area (Å²) in [5.74, 6) is 1.16. The molecule has 1 saturated heterocycles. The number of nitrogens with zero attached hydrogens (tertiary/aromatic N) is 1. The third-order valence-electron chi connectivity index (χ3n) is 4.58. The third kappa shape index (κ3) is 3.74. The topological polar surface area (TPSA) is 102 Å². The molecule has 0 spiro atoms. The molecule has 2 aromatic carbocycles. The smallest absolute Gasteiger partial charge is 0.261 e. The minimum atomic E-state index is -3.83. The number of anilines is 2. The molecule has 0 bridgehead atoms. The highest BCUT2D eigenvalue weighted by molar-refractivity contribution is 7.93. The van der Waals surface area contributed by atoms with E-state index in [1.807, 2.05) is 0 Å². The zero-order chi connectivity index (χ0) is 19.8. The van der Waals surface area contributed by atoms with Crippen molar-refractivity contribution in [2.24, 2.45) is 0 Å². The molecule has 2 aliphatic heterocycles. The van der Waals surface area contributed by atoms with Crippen molar-refractivity contribution in [1.82, 2.24) is 0 Å². The minimum Gasteiger partial charge on any atom is -0.486 e. The van der Waals surface area contributed by atoms with E-state index in [1.165, 1.54) is 28.6 Å². The summed E-state index contributed by atoms with van der Waals surface area (Å²) in [5, 5.41) is 0. The molecule has 2 heterocycles. The van der Waals surface area contributed by atoms with Crippen LogP contribution in [0, 0.1) is 0 Å². The molecule has 10 heteroatoms. The minimum absolute atomic E-state index is 0.0422. The van der Waals surface area contributed by atoms with Crippen molar-refractivity contribution in [1.29, 1.82) is 0 Å². The molecule has 0 amide bonds. The predicted molar refractivity (Wildman–Crippen MR) is 105 cm³/mol. The Morgan fingerprint density at radius 3 is 2.36 bits per heavy atom. The van der Waals surface area contributed by atoms with Gasteiger partial charge in [-0.2, -0.15) is 0 Å². The zero-order valence-electron chi connectivity index (χ0n) is 15.0. The number of hydrogen-bond acceptors (Lipinski definition) is 6. The van der Waals surface area contributed by atoms with Gasteiger partial charge in [-0.1, -0.05) is 0 Å². The lowest BCUT2D eigenvalue weighted by Gasteiger charge is -2.28. The van der Waals surface area contributed by atoms with Gasteiger partial charge in [0.25, 0.3) is 10.0 Å². The van der Waals surface area contributed by atoms with Gasteiger partial charge in [-0.25, -0.2) is 16.8 Å². The molecular formula is C18H20N2O6S2. The maximum atomic E-state index is 12.7. The Bertz CT molecular complexity index is 1080. The second kappa shape index (κ2) is 7.17. The van der Waals surface area contributed by atoms with Crippen molar-refractivity contribution in [2.45, 2.75) is 17.7 Å². The summed E-state index contributed by atoms with van der Waals surface area (Å²) < 4.78 is 64.5. The van der Waals surface area contributed by atoms with Crippen LogP contribution in [0.1, 0.15) is 12.8 Å². The van der Waals surface area contributed by atoms with Crippen LogP contribution in [0.5, 0.6) is 11.5 Å². The summed E-state index contributed by atoms with van der Waals surface area (Å²) in [6.45, 7) is 1.27. The van der Waals surface area contributed by atoms with E-state index in [0.717, 1.165) is 6.42 Å². The Kier molecular flexibility index (Phi) is 4.84. The largest absolute Gasteiger partial charge is 0.486 e. The van der Waals surface area contributed by atoms with Gasteiger partial charge in [0.1, 0.15) is 13.2 Å². The van der Waals surface area contributed by atoms with E-state index in [2.05, 4.69) is 4.72 Å². The highest BCUT2D eigenvalue weighted by Crippen LogP contribution is 2.33. The summed E-state index contributed by atoms with van der Waals surface area (Å²) in [4.78, 5) is 0.0422. The van der Waals surface area contributed by atoms with Crippen molar-refractivity contribution in [3.8, 4) is 11.5 Å². The molecule has 0 aliphatic carbocycles. The molecule has 0 aromatic heterocycles. The molecule has 0 saturated carbocycles. The van der Waals surface area contributed by atoms with Gasteiger partial charge in [0.05, 0.1) is 22.0 Å². The van der Waals surface area contributed by atoms with E-state index < -0.39 is 20.0 Å². The maximum Gasteiger partial charge on any atom is 0.261 e. The fraction of sp³-hybridized carbons (Fsp3) is 0.333. The first-order chi connectivity index (χ1) is 13.4. The monoisotopic (exact) mass is 424 g/mol. The van der Waals surface area contributed by atoms with Crippen LogP contribution in [0.3, 0.4) is 0 Å². The summed E-state index contributed by atoms with van der Waals surface area (Å²) in [6, 6.07) is 10.7. The predicted octanol–water partition coefficient (Wildman–Crippen LogP) is 2.19. The normalized spacial score (nSPS) is 18.5. The first-order valence-corrected chi connectivity index (χ1v) is 12.0. The highest BCUT2D eigenvalue weighted by atomic mass is 32.2. The molecule has 0 radical (unpaired) electrons. The number of hydrogen-bond donors (Lipinski definition) is 1. The SMILES string of the molecule is O=S(=O)(Nc1ccc2c(c1)OCCO2)c1ccc(N2CCCCS2(=O)=O)cc1. The van der Waals surface area contributed by atoms with Crippen LogP contribution in [-0.4, -0.2) is 42.3 Å². The van der Waals surface area contributed by atoms with Gasteiger partial charge in [-0.3, -0.25) is 9.03 Å². The molecule has 28 heavy (non-hydrogen) atoms. The lowest BCUT2D eigenvalue weighted by Crippen LogP contribution is -2.37. The number of benzene rings is 2. The summed E-state index contributed by atoms with van der Waals surface area (Å²) in [7, 11) is -7.17. The average molecular weight is 425 g/mol. The van der Waals surface area contributed by atoms with Crippen molar-refractivity contribution < 1.29 is 26.3 Å². The Labute approximate surface area is 164 Å². The maximum absolute atomic E-state index is 12.7. The van der Waals surface area contributed by atoms with Crippen LogP contribution in [0.4, 0.5) is 11.4 Å². The molecule has 0 unspecified atom stereocenters. The summed E-state index contributed by atoms with van der Waals surface area (Å²) >= 11 is 0. The van der Waals surface area contributed by atoms with E-state index in [1.54, 1.807) is 18.2 Å². The molecule has 1 N–H and O–H groups in total. The van der Waals surface area contributed by atoms with Crippen LogP contribution in [-0.2, 0) is 20.0 Å². The fourth-order valence-corrected chi connectivity index (χ4v) is 5.88. The number of fused-ring (bicyclic) bond motifs is 1. The van der Waals surface area contributed by atoms with Gasteiger partial charge in [-0.15, -0.1) is 0 Å². The Balaban J connectivity index is 1.55. The molecule has 150 valence electrons. The first kappa shape index (κ1) is 18.9. The summed E-state index contributed by atoms with van der Waals surface area (Å²) in [5.41, 5.74) is 0.824. The fourth-order valence-electron chi connectivity index (χ4n) is 3.19. The highest BCUT2D eigenvalue weighted by Gasteiger charge is 2.26. The number of rotatable bonds is 4. The molecule has 0 atom stereocenters. The van der Waals surface area contributed by atoms with Crippen LogP contribution in [0.15, 0.2) is 47.4 Å². The van der Waals surface area contributed by atoms with Gasteiger partial charge in [-0.05, 0) is 49.2 Å². The molecule has 2 aromatic rings. The molecule has 2 aliphatic rings.